The number of hydrogen-bond donors (Lipinski definition) is 4. The van der Waals surface area contributed by atoms with Gasteiger partial charge in [0.2, 0.25) is 0 Å². The summed E-state index contributed by atoms with van der Waals surface area (Å²) in [6.07, 6.45) is 0.359. The number of amides is 2. The molecule has 1 rings (SSSR count). The van der Waals surface area contributed by atoms with E-state index in [-0.39, 0.29) is 29.8 Å². The van der Waals surface area contributed by atoms with Gasteiger partial charge in [0.05, 0.1) is 18.2 Å². The molecule has 0 aliphatic carbocycles. The fourth-order valence-corrected chi connectivity index (χ4v) is 2.23. The summed E-state index contributed by atoms with van der Waals surface area (Å²) in [4.78, 5) is 22.6. The first kappa shape index (κ1) is 15.4. The van der Waals surface area contributed by atoms with Crippen LogP contribution in [0, 0.1) is 0 Å². The molecule has 4 N–H and O–H groups in total. The van der Waals surface area contributed by atoms with E-state index in [1.807, 2.05) is 0 Å². The first-order valence-corrected chi connectivity index (χ1v) is 6.44. The van der Waals surface area contributed by atoms with Gasteiger partial charge in [0, 0.05) is 13.7 Å². The first-order chi connectivity index (χ1) is 9.08. The zero-order valence-corrected chi connectivity index (χ0v) is 11.2. The van der Waals surface area contributed by atoms with Crippen LogP contribution in [0.25, 0.3) is 0 Å². The third-order valence-corrected chi connectivity index (χ3v) is 3.13. The van der Waals surface area contributed by atoms with E-state index in [4.69, 9.17) is 14.9 Å². The van der Waals surface area contributed by atoms with Gasteiger partial charge in [-0.05, 0) is 17.9 Å². The van der Waals surface area contributed by atoms with E-state index in [1.54, 1.807) is 5.38 Å². The smallest absolute Gasteiger partial charge is 0.338 e. The van der Waals surface area contributed by atoms with Crippen molar-refractivity contribution in [2.45, 2.75) is 12.5 Å². The lowest BCUT2D eigenvalue weighted by molar-refractivity contribution is 0.0698. The number of carbonyl (C=O) groups is 2. The van der Waals surface area contributed by atoms with E-state index in [1.165, 1.54) is 13.2 Å². The fraction of sp³-hybridized carbons (Fsp3) is 0.455. The van der Waals surface area contributed by atoms with Crippen molar-refractivity contribution < 1.29 is 24.5 Å². The van der Waals surface area contributed by atoms with E-state index in [2.05, 4.69) is 10.6 Å². The Kier molecular flexibility index (Phi) is 6.26. The van der Waals surface area contributed by atoms with Crippen LogP contribution in [-0.4, -0.2) is 48.6 Å². The predicted molar refractivity (Wildman–Crippen MR) is 70.8 cm³/mol. The lowest BCUT2D eigenvalue weighted by Crippen LogP contribution is -2.41. The van der Waals surface area contributed by atoms with Gasteiger partial charge >= 0.3 is 12.0 Å². The topological polar surface area (TPSA) is 108 Å². The van der Waals surface area contributed by atoms with Gasteiger partial charge in [-0.15, -0.1) is 11.3 Å². The number of aromatic carboxylic acids is 1. The molecule has 1 atom stereocenters. The van der Waals surface area contributed by atoms with E-state index in [9.17, 15) is 9.59 Å². The van der Waals surface area contributed by atoms with Crippen LogP contribution >= 0.6 is 11.3 Å². The molecule has 0 fully saturated rings. The highest BCUT2D eigenvalue weighted by molar-refractivity contribution is 7.14. The number of aliphatic hydroxyl groups is 1. The number of anilines is 1. The zero-order valence-electron chi connectivity index (χ0n) is 10.4. The normalized spacial score (nSPS) is 11.9. The van der Waals surface area contributed by atoms with Crippen LogP contribution < -0.4 is 10.6 Å². The summed E-state index contributed by atoms with van der Waals surface area (Å²) < 4.78 is 4.91. The van der Waals surface area contributed by atoms with Crippen LogP contribution in [0.3, 0.4) is 0 Å². The van der Waals surface area contributed by atoms with Crippen molar-refractivity contribution in [3.8, 4) is 0 Å². The Balaban J connectivity index is 2.58. The number of nitrogens with one attached hydrogen (secondary N) is 2. The maximum absolute atomic E-state index is 11.7. The summed E-state index contributed by atoms with van der Waals surface area (Å²) in [7, 11) is 1.49. The Morgan fingerprint density at radius 2 is 2.26 bits per heavy atom. The van der Waals surface area contributed by atoms with Gasteiger partial charge in [0.1, 0.15) is 5.00 Å². The van der Waals surface area contributed by atoms with Crippen molar-refractivity contribution in [1.82, 2.24) is 5.32 Å². The van der Waals surface area contributed by atoms with Crippen LogP contribution in [-0.2, 0) is 4.74 Å². The molecule has 0 aliphatic rings. The molecule has 0 aromatic carbocycles. The number of methoxy groups -OCH3 is 1. The van der Waals surface area contributed by atoms with Gasteiger partial charge in [0.25, 0.3) is 0 Å². The minimum Gasteiger partial charge on any atom is -0.478 e. The summed E-state index contributed by atoms with van der Waals surface area (Å²) in [6.45, 7) is 0.192. The van der Waals surface area contributed by atoms with Crippen LogP contribution in [0.4, 0.5) is 9.80 Å². The molecular formula is C11H16N2O5S. The number of hydrogen-bond acceptors (Lipinski definition) is 5. The molecule has 0 bridgehead atoms. The average molecular weight is 288 g/mol. The quantitative estimate of drug-likeness (QED) is 0.598. The summed E-state index contributed by atoms with van der Waals surface area (Å²) >= 11 is 1.13. The van der Waals surface area contributed by atoms with Gasteiger partial charge < -0.3 is 20.3 Å². The number of carboxylic acids is 1. The molecule has 0 saturated heterocycles. The Bertz CT molecular complexity index is 428. The standard InChI is InChI=1S/C11H16N2O5S/c1-18-6-7(2-4-14)12-11(17)13-9-8(10(15)16)3-5-19-9/h3,5,7,14H,2,4,6H2,1H3,(H,15,16)(H2,12,13,17). The summed E-state index contributed by atoms with van der Waals surface area (Å²) in [5, 5.41) is 24.7. The van der Waals surface area contributed by atoms with Crippen LogP contribution in [0.2, 0.25) is 0 Å². The predicted octanol–water partition coefficient (Wildman–Crippen LogP) is 0.965. The second kappa shape index (κ2) is 7.72. The minimum absolute atomic E-state index is 0.0469. The van der Waals surface area contributed by atoms with Crippen molar-refractivity contribution in [3.05, 3.63) is 17.0 Å². The summed E-state index contributed by atoms with van der Waals surface area (Å²) in [5.41, 5.74) is 0.0469. The van der Waals surface area contributed by atoms with E-state index >= 15 is 0 Å². The molecule has 1 heterocycles. The second-order valence-corrected chi connectivity index (χ2v) is 4.65. The highest BCUT2D eigenvalue weighted by Crippen LogP contribution is 2.22. The highest BCUT2D eigenvalue weighted by Gasteiger charge is 2.16. The number of thiophene rings is 1. The Labute approximate surface area is 114 Å². The summed E-state index contributed by atoms with van der Waals surface area (Å²) in [6, 6.07) is 0.562. The van der Waals surface area contributed by atoms with E-state index in [0.29, 0.717) is 6.42 Å². The molecule has 1 unspecified atom stereocenters. The van der Waals surface area contributed by atoms with Gasteiger partial charge in [-0.1, -0.05) is 0 Å². The molecule has 0 radical (unpaired) electrons. The van der Waals surface area contributed by atoms with Gasteiger partial charge in [-0.2, -0.15) is 0 Å². The van der Waals surface area contributed by atoms with E-state index in [0.717, 1.165) is 11.3 Å². The van der Waals surface area contributed by atoms with Crippen LogP contribution in [0.15, 0.2) is 11.4 Å². The van der Waals surface area contributed by atoms with Crippen molar-refractivity contribution in [2.24, 2.45) is 0 Å². The molecule has 7 nitrogen and oxygen atoms in total. The monoisotopic (exact) mass is 288 g/mol. The largest absolute Gasteiger partial charge is 0.478 e. The number of ether oxygens (including phenoxy) is 1. The molecular weight excluding hydrogens is 272 g/mol. The highest BCUT2D eigenvalue weighted by atomic mass is 32.1. The third kappa shape index (κ3) is 4.86. The van der Waals surface area contributed by atoms with E-state index < -0.39 is 12.0 Å². The molecule has 1 aromatic heterocycles. The van der Waals surface area contributed by atoms with Crippen molar-refractivity contribution in [2.75, 3.05) is 25.6 Å². The van der Waals surface area contributed by atoms with Gasteiger partial charge in [-0.25, -0.2) is 9.59 Å². The number of carbonyl (C=O) groups excluding carboxylic acids is 1. The number of rotatable bonds is 7. The minimum atomic E-state index is -1.10. The van der Waals surface area contributed by atoms with Gasteiger partial charge in [-0.3, -0.25) is 5.32 Å². The van der Waals surface area contributed by atoms with Crippen molar-refractivity contribution in [3.63, 3.8) is 0 Å². The SMILES string of the molecule is COCC(CCO)NC(=O)Nc1sccc1C(=O)O. The molecule has 0 aliphatic heterocycles. The van der Waals surface area contributed by atoms with Crippen LogP contribution in [0.1, 0.15) is 16.8 Å². The molecule has 106 valence electrons. The molecule has 8 heteroatoms. The first-order valence-electron chi connectivity index (χ1n) is 5.56. The van der Waals surface area contributed by atoms with Crippen LogP contribution in [0.5, 0.6) is 0 Å². The number of urea groups is 1. The molecule has 1 aromatic rings. The number of aliphatic hydroxyl groups excluding tert-OH is 1. The lowest BCUT2D eigenvalue weighted by Gasteiger charge is -2.17. The fourth-order valence-electron chi connectivity index (χ4n) is 1.45. The molecule has 2 amide bonds. The Morgan fingerprint density at radius 3 is 2.84 bits per heavy atom. The summed E-state index contributed by atoms with van der Waals surface area (Å²) in [5.74, 6) is -1.10. The Morgan fingerprint density at radius 1 is 1.53 bits per heavy atom. The lowest BCUT2D eigenvalue weighted by atomic mass is 10.2. The zero-order chi connectivity index (χ0) is 14.3. The average Bonchev–Trinajstić information content (AvgIpc) is 2.77. The van der Waals surface area contributed by atoms with Crippen molar-refractivity contribution >= 4 is 28.3 Å². The van der Waals surface area contributed by atoms with Gasteiger partial charge in [0.15, 0.2) is 0 Å². The molecule has 0 saturated carbocycles. The maximum atomic E-state index is 11.7. The molecule has 19 heavy (non-hydrogen) atoms. The third-order valence-electron chi connectivity index (χ3n) is 2.30. The molecule has 0 spiro atoms. The Hall–Kier alpha value is -1.64. The maximum Gasteiger partial charge on any atom is 0.338 e. The number of carboxylic acid groups (broad SMARTS) is 1. The second-order valence-electron chi connectivity index (χ2n) is 3.73. The van der Waals surface area contributed by atoms with Crippen molar-refractivity contribution in [1.29, 1.82) is 0 Å².